The van der Waals surface area contributed by atoms with Gasteiger partial charge in [0, 0.05) is 17.3 Å². The second-order valence-electron chi connectivity index (χ2n) is 9.48. The molecule has 4 rings (SSSR count). The first-order chi connectivity index (χ1) is 18.8. The molecule has 1 saturated carbocycles. The highest BCUT2D eigenvalue weighted by Crippen LogP contribution is 2.40. The summed E-state index contributed by atoms with van der Waals surface area (Å²) in [6.45, 7) is 1.93. The minimum absolute atomic E-state index is 0.00158. The lowest BCUT2D eigenvalue weighted by Gasteiger charge is -2.34. The Morgan fingerprint density at radius 3 is 2.33 bits per heavy atom. The lowest BCUT2D eigenvalue weighted by molar-refractivity contribution is -0.123. The normalized spacial score (nSPS) is 14.3. The van der Waals surface area contributed by atoms with E-state index < -0.39 is 17.9 Å². The second kappa shape index (κ2) is 12.2. The van der Waals surface area contributed by atoms with Gasteiger partial charge in [0.05, 0.1) is 19.9 Å². The fourth-order valence-corrected chi connectivity index (χ4v) is 5.62. The highest BCUT2D eigenvalue weighted by atomic mass is 32.1. The molecule has 1 atom stereocenters. The third kappa shape index (κ3) is 5.83. The molecule has 11 heteroatoms. The van der Waals surface area contributed by atoms with Gasteiger partial charge in [0.1, 0.15) is 10.9 Å². The molecule has 2 aromatic carbocycles. The maximum absolute atomic E-state index is 14.3. The number of nitrogens with two attached hydrogens (primary N) is 2. The van der Waals surface area contributed by atoms with Crippen molar-refractivity contribution in [3.63, 3.8) is 0 Å². The summed E-state index contributed by atoms with van der Waals surface area (Å²) in [5.74, 6) is -1.08. The molecule has 0 aliphatic heterocycles. The molecule has 5 N–H and O–H groups in total. The third-order valence-corrected chi connectivity index (χ3v) is 7.72. The molecule has 0 radical (unpaired) electrons. The van der Waals surface area contributed by atoms with Crippen LogP contribution in [0.1, 0.15) is 69.4 Å². The minimum atomic E-state index is -1.16. The average molecular weight is 552 g/mol. The Morgan fingerprint density at radius 1 is 1.05 bits per heavy atom. The van der Waals surface area contributed by atoms with Gasteiger partial charge in [-0.1, -0.05) is 49.1 Å². The minimum Gasteiger partial charge on any atom is -0.493 e. The molecule has 0 saturated heterocycles. The molecule has 3 aromatic rings. The van der Waals surface area contributed by atoms with E-state index in [9.17, 15) is 14.4 Å². The Hall–Kier alpha value is -4.12. The molecule has 1 aromatic heterocycles. The maximum Gasteiger partial charge on any atom is 0.273 e. The quantitative estimate of drug-likeness (QED) is 0.364. The van der Waals surface area contributed by atoms with E-state index in [1.54, 1.807) is 30.3 Å². The van der Waals surface area contributed by atoms with Crippen LogP contribution in [0.3, 0.4) is 0 Å². The summed E-state index contributed by atoms with van der Waals surface area (Å²) in [6, 6.07) is 11.2. The van der Waals surface area contributed by atoms with Crippen molar-refractivity contribution in [2.75, 3.05) is 24.9 Å². The van der Waals surface area contributed by atoms with E-state index in [-0.39, 0.29) is 28.2 Å². The van der Waals surface area contributed by atoms with Crippen molar-refractivity contribution in [2.45, 2.75) is 51.1 Å². The van der Waals surface area contributed by atoms with E-state index in [1.807, 2.05) is 19.1 Å². The smallest absolute Gasteiger partial charge is 0.273 e. The number of nitrogen functional groups attached to an aromatic ring is 1. The third-order valence-electron chi connectivity index (χ3n) is 6.87. The zero-order valence-electron chi connectivity index (χ0n) is 22.2. The standard InChI is InChI=1S/C28H33N5O5S/c1-16-12-14-18(15-13-16)33(28(36)25-21(29)22(26(30)34)32-39-25)23(27(35)31-17-8-5-4-6-9-17)19-10-7-11-20(37-2)24(19)38-3/h7,10-15,17,23H,4-6,8-9,29H2,1-3H3,(H2,30,34)(H,31,35)/t23-/m1/s1. The van der Waals surface area contributed by atoms with Crippen LogP contribution < -0.4 is 31.2 Å². The molecule has 0 bridgehead atoms. The van der Waals surface area contributed by atoms with Crippen LogP contribution in [0.25, 0.3) is 0 Å². The van der Waals surface area contributed by atoms with Gasteiger partial charge in [0.15, 0.2) is 17.2 Å². The number of anilines is 2. The zero-order valence-corrected chi connectivity index (χ0v) is 23.0. The molecular weight excluding hydrogens is 518 g/mol. The Bertz CT molecular complexity index is 1350. The van der Waals surface area contributed by atoms with Crippen LogP contribution in [0.5, 0.6) is 11.5 Å². The maximum atomic E-state index is 14.3. The van der Waals surface area contributed by atoms with Crippen LogP contribution in [0.2, 0.25) is 0 Å². The van der Waals surface area contributed by atoms with Gasteiger partial charge in [0.2, 0.25) is 5.91 Å². The van der Waals surface area contributed by atoms with Crippen molar-refractivity contribution in [3.8, 4) is 11.5 Å². The van der Waals surface area contributed by atoms with Crippen LogP contribution in [-0.4, -0.2) is 42.4 Å². The van der Waals surface area contributed by atoms with Gasteiger partial charge in [0.25, 0.3) is 11.8 Å². The van der Waals surface area contributed by atoms with Gasteiger partial charge in [-0.3, -0.25) is 19.3 Å². The summed E-state index contributed by atoms with van der Waals surface area (Å²) in [4.78, 5) is 41.6. The van der Waals surface area contributed by atoms with Gasteiger partial charge < -0.3 is 26.3 Å². The van der Waals surface area contributed by atoms with Gasteiger partial charge in [-0.2, -0.15) is 4.37 Å². The molecule has 1 aliphatic carbocycles. The highest BCUT2D eigenvalue weighted by molar-refractivity contribution is 7.09. The molecule has 39 heavy (non-hydrogen) atoms. The van der Waals surface area contributed by atoms with Crippen LogP contribution in [0.4, 0.5) is 11.4 Å². The molecule has 3 amide bonds. The highest BCUT2D eigenvalue weighted by Gasteiger charge is 2.39. The van der Waals surface area contributed by atoms with Gasteiger partial charge in [-0.25, -0.2) is 0 Å². The van der Waals surface area contributed by atoms with E-state index in [0.29, 0.717) is 22.7 Å². The van der Waals surface area contributed by atoms with Gasteiger partial charge >= 0.3 is 0 Å². The summed E-state index contributed by atoms with van der Waals surface area (Å²) in [5, 5.41) is 3.17. The van der Waals surface area contributed by atoms with Crippen LogP contribution in [0, 0.1) is 6.92 Å². The number of carbonyl (C=O) groups is 3. The number of para-hydroxylation sites is 1. The van der Waals surface area contributed by atoms with Gasteiger partial charge in [-0.15, -0.1) is 0 Å². The largest absolute Gasteiger partial charge is 0.493 e. The number of rotatable bonds is 9. The molecule has 0 unspecified atom stereocenters. The Balaban J connectivity index is 1.91. The number of carbonyl (C=O) groups excluding carboxylic acids is 3. The summed E-state index contributed by atoms with van der Waals surface area (Å²) in [7, 11) is 2.99. The Kier molecular flexibility index (Phi) is 8.70. The Morgan fingerprint density at radius 2 is 1.74 bits per heavy atom. The van der Waals surface area contributed by atoms with E-state index in [4.69, 9.17) is 20.9 Å². The first kappa shape index (κ1) is 27.9. The van der Waals surface area contributed by atoms with E-state index in [1.165, 1.54) is 19.1 Å². The van der Waals surface area contributed by atoms with Crippen LogP contribution in [-0.2, 0) is 4.79 Å². The number of aryl methyl sites for hydroxylation is 1. The topological polar surface area (TPSA) is 150 Å². The van der Waals surface area contributed by atoms with Crippen LogP contribution in [0.15, 0.2) is 42.5 Å². The fraction of sp³-hybridized carbons (Fsp3) is 0.357. The number of primary amides is 1. The second-order valence-corrected chi connectivity index (χ2v) is 10.3. The van der Waals surface area contributed by atoms with E-state index in [2.05, 4.69) is 9.69 Å². The molecule has 0 spiro atoms. The van der Waals surface area contributed by atoms with Crippen molar-refractivity contribution in [2.24, 2.45) is 5.73 Å². The lowest BCUT2D eigenvalue weighted by atomic mass is 9.94. The SMILES string of the molecule is COc1cccc([C@H](C(=O)NC2CCCCC2)N(C(=O)c2snc(C(N)=O)c2N)c2ccc(C)cc2)c1OC. The predicted octanol–water partition coefficient (Wildman–Crippen LogP) is 3.99. The number of amides is 3. The van der Waals surface area contributed by atoms with E-state index in [0.717, 1.165) is 49.2 Å². The predicted molar refractivity (Wildman–Crippen MR) is 150 cm³/mol. The summed E-state index contributed by atoms with van der Waals surface area (Å²) < 4.78 is 15.2. The summed E-state index contributed by atoms with van der Waals surface area (Å²) in [6.07, 6.45) is 4.88. The van der Waals surface area contributed by atoms with Crippen molar-refractivity contribution < 1.29 is 23.9 Å². The van der Waals surface area contributed by atoms with Crippen molar-refractivity contribution >= 4 is 40.6 Å². The zero-order chi connectivity index (χ0) is 28.1. The number of hydrogen-bond acceptors (Lipinski definition) is 8. The van der Waals surface area contributed by atoms with Gasteiger partial charge in [-0.05, 0) is 49.5 Å². The number of benzene rings is 2. The summed E-state index contributed by atoms with van der Waals surface area (Å²) >= 11 is 0.762. The molecule has 1 aliphatic rings. The van der Waals surface area contributed by atoms with Crippen molar-refractivity contribution in [1.82, 2.24) is 9.69 Å². The molecule has 206 valence electrons. The monoisotopic (exact) mass is 551 g/mol. The van der Waals surface area contributed by atoms with E-state index >= 15 is 0 Å². The summed E-state index contributed by atoms with van der Waals surface area (Å²) in [5.41, 5.74) is 13.1. The number of nitrogens with one attached hydrogen (secondary N) is 1. The van der Waals surface area contributed by atoms with Crippen molar-refractivity contribution in [3.05, 3.63) is 64.2 Å². The molecule has 1 fully saturated rings. The number of ether oxygens (including phenoxy) is 2. The first-order valence-electron chi connectivity index (χ1n) is 12.7. The Labute approximate surface area is 231 Å². The number of methoxy groups -OCH3 is 2. The first-order valence-corrected chi connectivity index (χ1v) is 13.5. The molecule has 1 heterocycles. The van der Waals surface area contributed by atoms with Crippen LogP contribution >= 0.6 is 11.5 Å². The number of aromatic nitrogens is 1. The average Bonchev–Trinajstić information content (AvgIpc) is 3.33. The molecule has 10 nitrogen and oxygen atoms in total. The van der Waals surface area contributed by atoms with Crippen molar-refractivity contribution in [1.29, 1.82) is 0 Å². The number of hydrogen-bond donors (Lipinski definition) is 3. The molecular formula is C28H33N5O5S. The number of nitrogens with zero attached hydrogens (tertiary/aromatic N) is 2. The fourth-order valence-electron chi connectivity index (χ4n) is 4.88. The lowest BCUT2D eigenvalue weighted by Crippen LogP contribution is -2.47.